The van der Waals surface area contributed by atoms with Crippen LogP contribution in [0.1, 0.15) is 37.4 Å². The molecule has 1 heterocycles. The number of alkyl halides is 1. The molecule has 2 rings (SSSR count). The molecule has 1 aliphatic heterocycles. The molecule has 1 saturated heterocycles. The van der Waals surface area contributed by atoms with Crippen LogP contribution in [0.3, 0.4) is 0 Å². The zero-order valence-corrected chi connectivity index (χ0v) is 11.1. The van der Waals surface area contributed by atoms with Crippen molar-refractivity contribution in [1.29, 1.82) is 0 Å². The van der Waals surface area contributed by atoms with E-state index in [-0.39, 0.29) is 17.3 Å². The number of halogens is 1. The molecule has 92 valence electrons. The number of hydrogen-bond acceptors (Lipinski definition) is 1. The van der Waals surface area contributed by atoms with E-state index < -0.39 is 0 Å². The van der Waals surface area contributed by atoms with Crippen LogP contribution in [0, 0.1) is 0 Å². The van der Waals surface area contributed by atoms with Crippen molar-refractivity contribution in [3.05, 3.63) is 35.4 Å². The van der Waals surface area contributed by atoms with E-state index in [1.165, 1.54) is 11.1 Å². The molecule has 1 aromatic carbocycles. The summed E-state index contributed by atoms with van der Waals surface area (Å²) in [5, 5.41) is -0.0279. The number of nitrogens with zero attached hydrogens (tertiary/aromatic N) is 1. The lowest BCUT2D eigenvalue weighted by molar-refractivity contribution is -0.129. The minimum absolute atomic E-state index is 0.0279. The number of likely N-dealkylation sites (tertiary alicyclic amines) is 1. The molecule has 0 N–H and O–H groups in total. The summed E-state index contributed by atoms with van der Waals surface area (Å²) < 4.78 is 0. The predicted molar refractivity (Wildman–Crippen MR) is 70.2 cm³/mol. The van der Waals surface area contributed by atoms with E-state index in [4.69, 9.17) is 11.6 Å². The van der Waals surface area contributed by atoms with Crippen molar-refractivity contribution in [2.24, 2.45) is 0 Å². The molecule has 1 amide bonds. The molecule has 0 spiro atoms. The van der Waals surface area contributed by atoms with Crippen LogP contribution in [0.15, 0.2) is 24.3 Å². The highest BCUT2D eigenvalue weighted by Crippen LogP contribution is 2.27. The van der Waals surface area contributed by atoms with Crippen molar-refractivity contribution in [2.45, 2.75) is 38.1 Å². The van der Waals surface area contributed by atoms with E-state index in [0.29, 0.717) is 13.0 Å². The van der Waals surface area contributed by atoms with Gasteiger partial charge in [-0.1, -0.05) is 31.2 Å². The molecule has 17 heavy (non-hydrogen) atoms. The standard InChI is InChI=1S/C14H18ClNO/c1-3-11-4-6-12(7-5-11)10(2)16-9-13(15)8-14(16)17/h4-7,10,13H,3,8-9H2,1-2H3. The average molecular weight is 252 g/mol. The first-order valence-electron chi connectivity index (χ1n) is 6.14. The van der Waals surface area contributed by atoms with Gasteiger partial charge < -0.3 is 4.90 Å². The topological polar surface area (TPSA) is 20.3 Å². The van der Waals surface area contributed by atoms with Crippen molar-refractivity contribution in [3.8, 4) is 0 Å². The van der Waals surface area contributed by atoms with Gasteiger partial charge in [-0.2, -0.15) is 0 Å². The van der Waals surface area contributed by atoms with E-state index >= 15 is 0 Å². The summed E-state index contributed by atoms with van der Waals surface area (Å²) in [6.07, 6.45) is 1.51. The molecule has 1 aliphatic rings. The van der Waals surface area contributed by atoms with Crippen LogP contribution in [0.25, 0.3) is 0 Å². The van der Waals surface area contributed by atoms with E-state index in [9.17, 15) is 4.79 Å². The molecule has 0 bridgehead atoms. The van der Waals surface area contributed by atoms with Crippen molar-refractivity contribution < 1.29 is 4.79 Å². The monoisotopic (exact) mass is 251 g/mol. The van der Waals surface area contributed by atoms with Gasteiger partial charge >= 0.3 is 0 Å². The number of benzene rings is 1. The molecule has 2 atom stereocenters. The second-order valence-corrected chi connectivity index (χ2v) is 5.24. The molecule has 3 heteroatoms. The normalized spacial score (nSPS) is 21.9. The molecule has 0 saturated carbocycles. The Morgan fingerprint density at radius 3 is 2.53 bits per heavy atom. The van der Waals surface area contributed by atoms with Crippen LogP contribution in [0.4, 0.5) is 0 Å². The van der Waals surface area contributed by atoms with Gasteiger partial charge in [0.15, 0.2) is 0 Å². The second kappa shape index (κ2) is 5.09. The van der Waals surface area contributed by atoms with Crippen LogP contribution < -0.4 is 0 Å². The molecule has 2 unspecified atom stereocenters. The number of amides is 1. The van der Waals surface area contributed by atoms with Crippen molar-refractivity contribution in [3.63, 3.8) is 0 Å². The van der Waals surface area contributed by atoms with Crippen molar-refractivity contribution >= 4 is 17.5 Å². The fraction of sp³-hybridized carbons (Fsp3) is 0.500. The van der Waals surface area contributed by atoms with Crippen molar-refractivity contribution in [2.75, 3.05) is 6.54 Å². The highest BCUT2D eigenvalue weighted by Gasteiger charge is 2.31. The smallest absolute Gasteiger partial charge is 0.224 e. The van der Waals surface area contributed by atoms with Crippen LogP contribution >= 0.6 is 11.6 Å². The Bertz CT molecular complexity index is 401. The quantitative estimate of drug-likeness (QED) is 0.756. The maximum atomic E-state index is 11.8. The van der Waals surface area contributed by atoms with Gasteiger partial charge in [-0.3, -0.25) is 4.79 Å². The van der Waals surface area contributed by atoms with Gasteiger partial charge in [-0.15, -0.1) is 11.6 Å². The minimum Gasteiger partial charge on any atom is -0.334 e. The van der Waals surface area contributed by atoms with E-state index in [2.05, 4.69) is 38.1 Å². The summed E-state index contributed by atoms with van der Waals surface area (Å²) in [6.45, 7) is 4.87. The zero-order chi connectivity index (χ0) is 12.4. The number of hydrogen-bond donors (Lipinski definition) is 0. The average Bonchev–Trinajstić information content (AvgIpc) is 2.68. The first-order chi connectivity index (χ1) is 8.11. The highest BCUT2D eigenvalue weighted by molar-refractivity contribution is 6.22. The van der Waals surface area contributed by atoms with E-state index in [1.807, 2.05) is 4.90 Å². The van der Waals surface area contributed by atoms with Crippen molar-refractivity contribution in [1.82, 2.24) is 4.90 Å². The summed E-state index contributed by atoms with van der Waals surface area (Å²) >= 11 is 6.02. The lowest BCUT2D eigenvalue weighted by Crippen LogP contribution is -2.28. The Kier molecular flexibility index (Phi) is 3.72. The maximum absolute atomic E-state index is 11.8. The van der Waals surface area contributed by atoms with Crippen LogP contribution in [0.2, 0.25) is 0 Å². The van der Waals surface area contributed by atoms with Gasteiger partial charge in [-0.25, -0.2) is 0 Å². The minimum atomic E-state index is -0.0279. The van der Waals surface area contributed by atoms with Gasteiger partial charge in [0.25, 0.3) is 0 Å². The number of rotatable bonds is 3. The van der Waals surface area contributed by atoms with Gasteiger partial charge in [0, 0.05) is 13.0 Å². The Morgan fingerprint density at radius 2 is 2.06 bits per heavy atom. The fourth-order valence-corrected chi connectivity index (χ4v) is 2.55. The maximum Gasteiger partial charge on any atom is 0.224 e. The first kappa shape index (κ1) is 12.4. The third-order valence-corrected chi connectivity index (χ3v) is 3.74. The van der Waals surface area contributed by atoms with Gasteiger partial charge in [-0.05, 0) is 24.5 Å². The molecular formula is C14H18ClNO. The Hall–Kier alpha value is -1.02. The van der Waals surface area contributed by atoms with E-state index in [0.717, 1.165) is 6.42 Å². The third-order valence-electron chi connectivity index (χ3n) is 3.45. The molecule has 2 nitrogen and oxygen atoms in total. The lowest BCUT2D eigenvalue weighted by Gasteiger charge is -2.24. The lowest BCUT2D eigenvalue weighted by atomic mass is 10.0. The Balaban J connectivity index is 2.13. The Labute approximate surface area is 108 Å². The molecule has 1 fully saturated rings. The van der Waals surface area contributed by atoms with Crippen LogP contribution in [-0.2, 0) is 11.2 Å². The summed E-state index contributed by atoms with van der Waals surface area (Å²) in [6, 6.07) is 8.60. The van der Waals surface area contributed by atoms with E-state index in [1.54, 1.807) is 0 Å². The number of carbonyl (C=O) groups excluding carboxylic acids is 1. The predicted octanol–water partition coefficient (Wildman–Crippen LogP) is 3.15. The summed E-state index contributed by atoms with van der Waals surface area (Å²) in [7, 11) is 0. The zero-order valence-electron chi connectivity index (χ0n) is 10.3. The largest absolute Gasteiger partial charge is 0.334 e. The molecule has 0 radical (unpaired) electrons. The Morgan fingerprint density at radius 1 is 1.41 bits per heavy atom. The van der Waals surface area contributed by atoms with Crippen LogP contribution in [-0.4, -0.2) is 22.7 Å². The molecular weight excluding hydrogens is 234 g/mol. The van der Waals surface area contributed by atoms with Gasteiger partial charge in [0.05, 0.1) is 11.4 Å². The summed E-state index contributed by atoms with van der Waals surface area (Å²) in [5.41, 5.74) is 2.50. The third kappa shape index (κ3) is 2.63. The molecule has 0 aliphatic carbocycles. The molecule has 1 aromatic rings. The van der Waals surface area contributed by atoms with Crippen LogP contribution in [0.5, 0.6) is 0 Å². The summed E-state index contributed by atoms with van der Waals surface area (Å²) in [5.74, 6) is 0.164. The first-order valence-corrected chi connectivity index (χ1v) is 6.57. The highest BCUT2D eigenvalue weighted by atomic mass is 35.5. The van der Waals surface area contributed by atoms with Gasteiger partial charge in [0.1, 0.15) is 0 Å². The second-order valence-electron chi connectivity index (χ2n) is 4.62. The summed E-state index contributed by atoms with van der Waals surface area (Å²) in [4.78, 5) is 13.6. The SMILES string of the molecule is CCc1ccc(C(C)N2CC(Cl)CC2=O)cc1. The van der Waals surface area contributed by atoms with Gasteiger partial charge in [0.2, 0.25) is 5.91 Å². The molecule has 0 aromatic heterocycles. The number of aryl methyl sites for hydroxylation is 1. The fourth-order valence-electron chi connectivity index (χ4n) is 2.27. The number of carbonyl (C=O) groups is 1.